The van der Waals surface area contributed by atoms with E-state index in [9.17, 15) is 9.90 Å². The topological polar surface area (TPSA) is 58.9 Å². The molecular formula is C15H21I2NO3. The molecule has 0 amide bonds. The Morgan fingerprint density at radius 2 is 1.57 bits per heavy atom. The third kappa shape index (κ3) is 4.54. The minimum Gasteiger partial charge on any atom is -0.507 e. The van der Waals surface area contributed by atoms with Gasteiger partial charge in [-0.3, -0.25) is 4.79 Å². The Kier molecular flexibility index (Phi) is 9.43. The minimum absolute atomic E-state index is 0.109. The first-order valence-electron chi connectivity index (χ1n) is 6.45. The standard InChI is InChI=1S/C15H21NO3.I2/c1-7-12(17)14(16-19-6)13-10(4)8(2)9(3)11(5)15(13)18;1-2/h18H,7H2,1-6H3;. The maximum Gasteiger partial charge on any atom is 0.185 e. The van der Waals surface area contributed by atoms with Crippen LogP contribution in [0.5, 0.6) is 5.75 Å². The van der Waals surface area contributed by atoms with E-state index in [0.717, 1.165) is 22.3 Å². The average Bonchev–Trinajstić information content (AvgIpc) is 2.51. The maximum atomic E-state index is 12.0. The van der Waals surface area contributed by atoms with E-state index < -0.39 is 0 Å². The van der Waals surface area contributed by atoms with Gasteiger partial charge in [0.15, 0.2) is 11.5 Å². The SMILES string of the molecule is CCC(=O)C(=NOC)c1c(C)c(C)c(C)c(C)c1O.II. The number of benzene rings is 1. The Labute approximate surface area is 149 Å². The normalized spacial score (nSPS) is 10.8. The molecule has 1 N–H and O–H groups in total. The summed E-state index contributed by atoms with van der Waals surface area (Å²) in [6, 6.07) is 0. The van der Waals surface area contributed by atoms with Crippen LogP contribution in [0.2, 0.25) is 0 Å². The van der Waals surface area contributed by atoms with Crippen molar-refractivity contribution in [2.24, 2.45) is 5.16 Å². The Hall–Kier alpha value is -0.380. The van der Waals surface area contributed by atoms with Gasteiger partial charge in [-0.1, -0.05) is 12.1 Å². The van der Waals surface area contributed by atoms with Crippen LogP contribution in [0.3, 0.4) is 0 Å². The number of nitrogens with zero attached hydrogens (tertiary/aromatic N) is 1. The molecule has 0 unspecified atom stereocenters. The van der Waals surface area contributed by atoms with Crippen LogP contribution < -0.4 is 0 Å². The zero-order valence-electron chi connectivity index (χ0n) is 13.2. The summed E-state index contributed by atoms with van der Waals surface area (Å²) >= 11 is 4.24. The Morgan fingerprint density at radius 3 is 2.00 bits per heavy atom. The summed E-state index contributed by atoms with van der Waals surface area (Å²) in [5.41, 5.74) is 4.38. The number of hydrogen-bond acceptors (Lipinski definition) is 4. The van der Waals surface area contributed by atoms with Crippen LogP contribution in [-0.4, -0.2) is 23.7 Å². The smallest absolute Gasteiger partial charge is 0.185 e. The van der Waals surface area contributed by atoms with E-state index in [4.69, 9.17) is 4.84 Å². The highest BCUT2D eigenvalue weighted by Gasteiger charge is 2.23. The van der Waals surface area contributed by atoms with Gasteiger partial charge in [0.1, 0.15) is 12.9 Å². The molecule has 0 saturated carbocycles. The van der Waals surface area contributed by atoms with Crippen LogP contribution in [0.15, 0.2) is 5.16 Å². The molecule has 21 heavy (non-hydrogen) atoms. The van der Waals surface area contributed by atoms with Crippen LogP contribution in [-0.2, 0) is 9.63 Å². The molecule has 0 bridgehead atoms. The second-order valence-electron chi connectivity index (χ2n) is 4.62. The fraction of sp³-hybridized carbons (Fsp3) is 0.467. The van der Waals surface area contributed by atoms with E-state index >= 15 is 0 Å². The number of ketones is 1. The highest BCUT2D eigenvalue weighted by atomic mass is 128. The lowest BCUT2D eigenvalue weighted by atomic mass is 9.89. The molecule has 0 aliphatic rings. The van der Waals surface area contributed by atoms with Gasteiger partial charge < -0.3 is 9.94 Å². The molecule has 0 saturated heterocycles. The van der Waals surface area contributed by atoms with Crippen molar-refractivity contribution < 1.29 is 14.7 Å². The van der Waals surface area contributed by atoms with Gasteiger partial charge in [-0.25, -0.2) is 0 Å². The lowest BCUT2D eigenvalue weighted by Crippen LogP contribution is -2.18. The van der Waals surface area contributed by atoms with E-state index in [-0.39, 0.29) is 17.2 Å². The largest absolute Gasteiger partial charge is 0.507 e. The molecule has 0 aliphatic heterocycles. The van der Waals surface area contributed by atoms with E-state index in [1.807, 2.05) is 27.7 Å². The van der Waals surface area contributed by atoms with Gasteiger partial charge in [0, 0.05) is 43.7 Å². The van der Waals surface area contributed by atoms with Crippen molar-refractivity contribution in [2.45, 2.75) is 41.0 Å². The molecule has 118 valence electrons. The second kappa shape index (κ2) is 9.60. The number of hydrogen-bond donors (Lipinski definition) is 1. The van der Waals surface area contributed by atoms with Crippen LogP contribution in [0, 0.1) is 27.7 Å². The van der Waals surface area contributed by atoms with Gasteiger partial charge in [0.25, 0.3) is 0 Å². The summed E-state index contributed by atoms with van der Waals surface area (Å²) < 4.78 is 0. The van der Waals surface area contributed by atoms with E-state index in [2.05, 4.69) is 42.4 Å². The number of phenolic OH excluding ortho intramolecular Hbond substituents is 1. The first kappa shape index (κ1) is 20.6. The summed E-state index contributed by atoms with van der Waals surface area (Å²) in [6.07, 6.45) is 0.313. The molecule has 0 spiro atoms. The molecule has 1 rings (SSSR count). The van der Waals surface area contributed by atoms with E-state index in [1.54, 1.807) is 6.92 Å². The number of aromatic hydroxyl groups is 1. The Morgan fingerprint density at radius 1 is 1.10 bits per heavy atom. The zero-order chi connectivity index (χ0) is 16.7. The summed E-state index contributed by atoms with van der Waals surface area (Å²) in [5, 5.41) is 14.1. The zero-order valence-corrected chi connectivity index (χ0v) is 17.5. The molecule has 6 heteroatoms. The van der Waals surface area contributed by atoms with Gasteiger partial charge in [0.05, 0.1) is 5.56 Å². The molecular weight excluding hydrogens is 496 g/mol. The number of Topliss-reactive ketones (excluding diaryl/α,β-unsaturated/α-hetero) is 1. The number of carbonyl (C=O) groups is 1. The number of oxime groups is 1. The van der Waals surface area contributed by atoms with E-state index in [0.29, 0.717) is 12.0 Å². The van der Waals surface area contributed by atoms with Gasteiger partial charge >= 0.3 is 0 Å². The molecule has 4 nitrogen and oxygen atoms in total. The van der Waals surface area contributed by atoms with Crippen molar-refractivity contribution in [1.29, 1.82) is 0 Å². The lowest BCUT2D eigenvalue weighted by molar-refractivity contribution is -0.112. The fourth-order valence-corrected chi connectivity index (χ4v) is 2.08. The van der Waals surface area contributed by atoms with Gasteiger partial charge in [0.2, 0.25) is 0 Å². The highest BCUT2D eigenvalue weighted by molar-refractivity contribution is 15.0. The number of phenols is 1. The predicted molar refractivity (Wildman–Crippen MR) is 104 cm³/mol. The third-order valence-corrected chi connectivity index (χ3v) is 3.66. The summed E-state index contributed by atoms with van der Waals surface area (Å²) in [5.74, 6) is -0.0406. The Bertz CT molecular complexity index is 525. The van der Waals surface area contributed by atoms with Crippen molar-refractivity contribution in [3.05, 3.63) is 27.8 Å². The highest BCUT2D eigenvalue weighted by Crippen LogP contribution is 2.32. The minimum atomic E-state index is -0.150. The van der Waals surface area contributed by atoms with Crippen LogP contribution in [0.25, 0.3) is 0 Å². The molecule has 0 aromatic heterocycles. The molecule has 0 heterocycles. The molecule has 0 atom stereocenters. The van der Waals surface area contributed by atoms with Crippen molar-refractivity contribution in [3.8, 4) is 5.75 Å². The maximum absolute atomic E-state index is 12.0. The van der Waals surface area contributed by atoms with Crippen molar-refractivity contribution >= 4 is 48.7 Å². The van der Waals surface area contributed by atoms with Gasteiger partial charge in [-0.2, -0.15) is 0 Å². The summed E-state index contributed by atoms with van der Waals surface area (Å²) in [7, 11) is 1.39. The van der Waals surface area contributed by atoms with Crippen LogP contribution >= 0.6 is 37.2 Å². The Balaban J connectivity index is 0.00000191. The van der Waals surface area contributed by atoms with Crippen molar-refractivity contribution in [3.63, 3.8) is 0 Å². The molecule has 0 fully saturated rings. The predicted octanol–water partition coefficient (Wildman–Crippen LogP) is 4.73. The fourth-order valence-electron chi connectivity index (χ4n) is 2.08. The first-order valence-corrected chi connectivity index (χ1v) is 12.7. The summed E-state index contributed by atoms with van der Waals surface area (Å²) in [4.78, 5) is 16.7. The molecule has 1 aromatic rings. The lowest BCUT2D eigenvalue weighted by Gasteiger charge is -2.17. The number of carbonyl (C=O) groups excluding carboxylic acids is 1. The number of halogens is 2. The van der Waals surface area contributed by atoms with Crippen molar-refractivity contribution in [1.82, 2.24) is 0 Å². The molecule has 0 aliphatic carbocycles. The van der Waals surface area contributed by atoms with Crippen LogP contribution in [0.1, 0.15) is 41.2 Å². The van der Waals surface area contributed by atoms with E-state index in [1.165, 1.54) is 7.11 Å². The van der Waals surface area contributed by atoms with Gasteiger partial charge in [-0.15, -0.1) is 0 Å². The number of rotatable bonds is 4. The monoisotopic (exact) mass is 517 g/mol. The second-order valence-corrected chi connectivity index (χ2v) is 4.62. The first-order chi connectivity index (χ1) is 9.86. The average molecular weight is 517 g/mol. The van der Waals surface area contributed by atoms with Crippen LogP contribution in [0.4, 0.5) is 0 Å². The van der Waals surface area contributed by atoms with Crippen molar-refractivity contribution in [2.75, 3.05) is 7.11 Å². The third-order valence-electron chi connectivity index (χ3n) is 3.66. The van der Waals surface area contributed by atoms with Gasteiger partial charge in [-0.05, 0) is 49.9 Å². The quantitative estimate of drug-likeness (QED) is 0.357. The molecule has 0 radical (unpaired) electrons. The summed E-state index contributed by atoms with van der Waals surface area (Å²) in [6.45, 7) is 9.40. The molecule has 1 aromatic carbocycles.